The molecule has 0 unspecified atom stereocenters. The van der Waals surface area contributed by atoms with Crippen LogP contribution in [0.4, 0.5) is 4.79 Å². The molecule has 1 rings (SSSR count). The van der Waals surface area contributed by atoms with E-state index in [1.807, 2.05) is 6.07 Å². The van der Waals surface area contributed by atoms with E-state index >= 15 is 0 Å². The van der Waals surface area contributed by atoms with E-state index < -0.39 is 23.5 Å². The largest absolute Gasteiger partial charge is 0.445 e. The Bertz CT molecular complexity index is 644. The predicted octanol–water partition coefficient (Wildman–Crippen LogP) is -0.180. The average molecular weight is 363 g/mol. The molecule has 9 nitrogen and oxygen atoms in total. The van der Waals surface area contributed by atoms with E-state index in [4.69, 9.17) is 21.9 Å². The third-order valence-electron chi connectivity index (χ3n) is 3.62. The first-order chi connectivity index (χ1) is 12.3. The smallest absolute Gasteiger partial charge is 0.408 e. The maximum atomic E-state index is 12.4. The Balaban J connectivity index is 2.79. The van der Waals surface area contributed by atoms with Gasteiger partial charge in [0.05, 0.1) is 6.04 Å². The first-order valence-corrected chi connectivity index (χ1v) is 8.11. The molecule has 2 atom stereocenters. The number of guanidine groups is 1. The number of nitrogens with zero attached hydrogens (tertiary/aromatic N) is 1. The Morgan fingerprint density at radius 1 is 1.31 bits per heavy atom. The molecule has 142 valence electrons. The minimum Gasteiger partial charge on any atom is -0.445 e. The van der Waals surface area contributed by atoms with Gasteiger partial charge in [0.1, 0.15) is 6.61 Å². The van der Waals surface area contributed by atoms with Crippen LogP contribution in [0.2, 0.25) is 0 Å². The molecule has 0 saturated heterocycles. The molecular formula is C17H25N5O4. The number of carbonyl (C=O) groups excluding carboxylic acids is 3. The lowest BCUT2D eigenvalue weighted by Gasteiger charge is -2.28. The molecular weight excluding hydrogens is 338 g/mol. The monoisotopic (exact) mass is 363 g/mol. The number of benzene rings is 1. The minimum absolute atomic E-state index is 0.00196. The van der Waals surface area contributed by atoms with Crippen LogP contribution in [-0.4, -0.2) is 42.2 Å². The number of ketones is 1. The van der Waals surface area contributed by atoms with Crippen molar-refractivity contribution in [3.05, 3.63) is 35.9 Å². The number of aliphatic imine (C=N–C) groups is 1. The number of nitrogens with one attached hydrogen (secondary N) is 1. The summed E-state index contributed by atoms with van der Waals surface area (Å²) in [5.74, 6) is -0.718. The molecule has 0 spiro atoms. The van der Waals surface area contributed by atoms with E-state index in [2.05, 4.69) is 10.3 Å². The van der Waals surface area contributed by atoms with Crippen LogP contribution in [0.3, 0.4) is 0 Å². The number of alkyl carbamates (subject to hydrolysis) is 1. The number of ether oxygens (including phenoxy) is 1. The van der Waals surface area contributed by atoms with Crippen LogP contribution >= 0.6 is 0 Å². The number of rotatable bonds is 10. The fourth-order valence-electron chi connectivity index (χ4n) is 2.31. The average Bonchev–Trinajstić information content (AvgIpc) is 2.62. The summed E-state index contributed by atoms with van der Waals surface area (Å²) in [6.07, 6.45) is -0.239. The van der Waals surface area contributed by atoms with Crippen molar-refractivity contribution in [3.8, 4) is 0 Å². The number of hydrogen-bond acceptors (Lipinski definition) is 6. The van der Waals surface area contributed by atoms with Gasteiger partial charge in [-0.05, 0) is 25.3 Å². The van der Waals surface area contributed by atoms with E-state index in [1.165, 1.54) is 6.92 Å². The van der Waals surface area contributed by atoms with Crippen LogP contribution in [0.25, 0.3) is 0 Å². The molecule has 0 aliphatic rings. The van der Waals surface area contributed by atoms with Crippen LogP contribution in [0.1, 0.15) is 25.3 Å². The predicted molar refractivity (Wildman–Crippen MR) is 97.1 cm³/mol. The van der Waals surface area contributed by atoms with Gasteiger partial charge in [0, 0.05) is 6.54 Å². The molecule has 26 heavy (non-hydrogen) atoms. The zero-order chi connectivity index (χ0) is 19.6. The molecule has 0 saturated carbocycles. The first kappa shape index (κ1) is 21.1. The summed E-state index contributed by atoms with van der Waals surface area (Å²) in [4.78, 5) is 40.0. The number of aldehydes is 1. The third kappa shape index (κ3) is 6.52. The third-order valence-corrected chi connectivity index (χ3v) is 3.62. The Kier molecular flexibility index (Phi) is 8.23. The molecule has 0 heterocycles. The lowest BCUT2D eigenvalue weighted by Crippen LogP contribution is -2.60. The van der Waals surface area contributed by atoms with E-state index in [0.717, 1.165) is 5.56 Å². The molecule has 0 fully saturated rings. The molecule has 0 aliphatic heterocycles. The van der Waals surface area contributed by atoms with Gasteiger partial charge in [-0.2, -0.15) is 0 Å². The van der Waals surface area contributed by atoms with Gasteiger partial charge < -0.3 is 32.0 Å². The minimum atomic E-state index is -1.79. The van der Waals surface area contributed by atoms with Crippen molar-refractivity contribution in [2.45, 2.75) is 38.0 Å². The highest BCUT2D eigenvalue weighted by Crippen LogP contribution is 2.15. The van der Waals surface area contributed by atoms with Crippen molar-refractivity contribution in [2.75, 3.05) is 6.54 Å². The lowest BCUT2D eigenvalue weighted by atomic mass is 9.87. The zero-order valence-corrected chi connectivity index (χ0v) is 14.7. The van der Waals surface area contributed by atoms with Crippen LogP contribution in [0.5, 0.6) is 0 Å². The molecule has 7 N–H and O–H groups in total. The van der Waals surface area contributed by atoms with Crippen molar-refractivity contribution in [1.29, 1.82) is 0 Å². The van der Waals surface area contributed by atoms with E-state index in [-0.39, 0.29) is 32.0 Å². The molecule has 0 aliphatic carbocycles. The maximum absolute atomic E-state index is 12.4. The van der Waals surface area contributed by atoms with E-state index in [1.54, 1.807) is 24.3 Å². The molecule has 1 amide bonds. The quantitative estimate of drug-likeness (QED) is 0.147. The molecule has 0 radical (unpaired) electrons. The summed E-state index contributed by atoms with van der Waals surface area (Å²) in [7, 11) is 0. The van der Waals surface area contributed by atoms with Crippen molar-refractivity contribution in [1.82, 2.24) is 5.32 Å². The normalized spacial score (nSPS) is 13.8. The summed E-state index contributed by atoms with van der Waals surface area (Å²) >= 11 is 0. The standard InChI is InChI=1S/C17H25N5O4/c1-12(18)14(24)17(11-23,8-5-9-21-15(19)20)22-16(25)26-10-13-6-3-2-4-7-13/h2-4,6-7,11-12H,5,8-10,18H2,1H3,(H,22,25)(H4,19,20,21)/t12-,17-/m1/s1. The molecule has 1 aromatic rings. The second-order valence-electron chi connectivity index (χ2n) is 5.84. The Morgan fingerprint density at radius 3 is 2.50 bits per heavy atom. The summed E-state index contributed by atoms with van der Waals surface area (Å²) < 4.78 is 5.09. The number of Topliss-reactive ketones (excluding diaryl/α,β-unsaturated/α-hetero) is 1. The number of amides is 1. The molecule has 9 heteroatoms. The van der Waals surface area contributed by atoms with Crippen LogP contribution in [0, 0.1) is 0 Å². The van der Waals surface area contributed by atoms with Crippen molar-refractivity contribution in [2.24, 2.45) is 22.2 Å². The van der Waals surface area contributed by atoms with Gasteiger partial charge in [0.2, 0.25) is 0 Å². The van der Waals surface area contributed by atoms with Gasteiger partial charge in [-0.1, -0.05) is 30.3 Å². The summed E-state index contributed by atoms with van der Waals surface area (Å²) in [6, 6.07) is 8.05. The Labute approximate surface area is 152 Å². The molecule has 1 aromatic carbocycles. The summed E-state index contributed by atoms with van der Waals surface area (Å²) in [6.45, 7) is 1.64. The number of carbonyl (C=O) groups is 3. The Hall–Kier alpha value is -2.94. The second-order valence-corrected chi connectivity index (χ2v) is 5.84. The Morgan fingerprint density at radius 2 is 1.96 bits per heavy atom. The van der Waals surface area contributed by atoms with Gasteiger partial charge >= 0.3 is 6.09 Å². The SMILES string of the molecule is C[C@@H](N)C(=O)[C@](C=O)(CCCN=C(N)N)NC(=O)OCc1ccccc1. The van der Waals surface area contributed by atoms with Gasteiger partial charge in [0.15, 0.2) is 23.6 Å². The van der Waals surface area contributed by atoms with Crippen molar-refractivity contribution < 1.29 is 19.1 Å². The summed E-state index contributed by atoms with van der Waals surface area (Å²) in [5.41, 5.74) is 15.1. The van der Waals surface area contributed by atoms with Crippen LogP contribution in [-0.2, 0) is 20.9 Å². The van der Waals surface area contributed by atoms with Gasteiger partial charge in [0.25, 0.3) is 0 Å². The highest BCUT2D eigenvalue weighted by molar-refractivity contribution is 6.07. The van der Waals surface area contributed by atoms with Gasteiger partial charge in [-0.15, -0.1) is 0 Å². The highest BCUT2D eigenvalue weighted by atomic mass is 16.5. The second kappa shape index (κ2) is 10.1. The van der Waals surface area contributed by atoms with Crippen LogP contribution < -0.4 is 22.5 Å². The fraction of sp³-hybridized carbons (Fsp3) is 0.412. The van der Waals surface area contributed by atoms with Crippen molar-refractivity contribution >= 4 is 24.1 Å². The van der Waals surface area contributed by atoms with Crippen LogP contribution in [0.15, 0.2) is 35.3 Å². The topological polar surface area (TPSA) is 163 Å². The zero-order valence-electron chi connectivity index (χ0n) is 14.7. The number of nitrogens with two attached hydrogens (primary N) is 3. The van der Waals surface area contributed by atoms with Gasteiger partial charge in [-0.3, -0.25) is 9.79 Å². The van der Waals surface area contributed by atoms with Gasteiger partial charge in [-0.25, -0.2) is 4.79 Å². The fourth-order valence-corrected chi connectivity index (χ4v) is 2.31. The van der Waals surface area contributed by atoms with Crippen molar-refractivity contribution in [3.63, 3.8) is 0 Å². The van der Waals surface area contributed by atoms with E-state index in [9.17, 15) is 14.4 Å². The molecule has 0 aromatic heterocycles. The highest BCUT2D eigenvalue weighted by Gasteiger charge is 2.41. The van der Waals surface area contributed by atoms with E-state index in [0.29, 0.717) is 6.29 Å². The lowest BCUT2D eigenvalue weighted by molar-refractivity contribution is -0.131. The summed E-state index contributed by atoms with van der Waals surface area (Å²) in [5, 5.41) is 2.35. The first-order valence-electron chi connectivity index (χ1n) is 8.11. The molecule has 0 bridgehead atoms. The maximum Gasteiger partial charge on any atom is 0.408 e. The number of hydrogen-bond donors (Lipinski definition) is 4.